The summed E-state index contributed by atoms with van der Waals surface area (Å²) in [4.78, 5) is 36.5. The van der Waals surface area contributed by atoms with Gasteiger partial charge in [-0.25, -0.2) is 0 Å². The van der Waals surface area contributed by atoms with E-state index in [0.717, 1.165) is 0 Å². The quantitative estimate of drug-likeness (QED) is 0.596. The molecule has 1 saturated heterocycles. The van der Waals surface area contributed by atoms with Gasteiger partial charge in [0.25, 0.3) is 11.6 Å². The summed E-state index contributed by atoms with van der Waals surface area (Å²) in [5.41, 5.74) is -0.605. The van der Waals surface area contributed by atoms with Gasteiger partial charge in [0.2, 0.25) is 0 Å². The fourth-order valence-corrected chi connectivity index (χ4v) is 3.87. The van der Waals surface area contributed by atoms with Gasteiger partial charge in [-0.05, 0) is 31.6 Å². The molecule has 1 aromatic rings. The van der Waals surface area contributed by atoms with Crippen molar-refractivity contribution in [1.29, 1.82) is 0 Å². The summed E-state index contributed by atoms with van der Waals surface area (Å²) in [6.07, 6.45) is 1.83. The highest BCUT2D eigenvalue weighted by atomic mass is 16.6. The first-order valence-electron chi connectivity index (χ1n) is 8.84. The zero-order valence-electron chi connectivity index (χ0n) is 15.3. The first-order chi connectivity index (χ1) is 12.8. The smallest absolute Gasteiger partial charge is 0.307 e. The summed E-state index contributed by atoms with van der Waals surface area (Å²) in [5.74, 6) is -1.11. The van der Waals surface area contributed by atoms with Gasteiger partial charge in [-0.1, -0.05) is 0 Å². The van der Waals surface area contributed by atoms with Crippen LogP contribution in [0.3, 0.4) is 0 Å². The number of carboxylic acids is 1. The van der Waals surface area contributed by atoms with Gasteiger partial charge in [-0.2, -0.15) is 0 Å². The third kappa shape index (κ3) is 3.41. The Kier molecular flexibility index (Phi) is 4.95. The van der Waals surface area contributed by atoms with E-state index in [1.54, 1.807) is 11.8 Å². The van der Waals surface area contributed by atoms with Crippen LogP contribution in [0.4, 0.5) is 5.69 Å². The molecule has 9 nitrogen and oxygen atoms in total. The number of nitro benzene ring substituents is 1. The molecular weight excluding hydrogens is 356 g/mol. The van der Waals surface area contributed by atoms with Gasteiger partial charge < -0.3 is 19.5 Å². The lowest BCUT2D eigenvalue weighted by molar-refractivity contribution is -0.385. The average molecular weight is 378 g/mol. The van der Waals surface area contributed by atoms with Gasteiger partial charge in [-0.15, -0.1) is 0 Å². The predicted octanol–water partition coefficient (Wildman–Crippen LogP) is 2.33. The minimum Gasteiger partial charge on any atom is -0.493 e. The molecule has 1 aliphatic heterocycles. The molecule has 1 heterocycles. The molecule has 1 amide bonds. The number of hydrogen-bond acceptors (Lipinski definition) is 6. The third-order valence-electron chi connectivity index (χ3n) is 5.54. The lowest BCUT2D eigenvalue weighted by atomic mass is 9.90. The molecule has 1 aromatic carbocycles. The fourth-order valence-electron chi connectivity index (χ4n) is 3.87. The number of hydrogen-bond donors (Lipinski definition) is 1. The maximum absolute atomic E-state index is 12.9. The molecular formula is C18H22N2O7. The van der Waals surface area contributed by atoms with E-state index in [4.69, 9.17) is 14.6 Å². The van der Waals surface area contributed by atoms with Gasteiger partial charge in [0.05, 0.1) is 30.6 Å². The summed E-state index contributed by atoms with van der Waals surface area (Å²) in [5, 5.41) is 20.6. The van der Waals surface area contributed by atoms with E-state index in [0.29, 0.717) is 39.0 Å². The van der Waals surface area contributed by atoms with Crippen LogP contribution in [-0.4, -0.2) is 53.6 Å². The second kappa shape index (κ2) is 7.05. The highest BCUT2D eigenvalue weighted by Crippen LogP contribution is 2.59. The van der Waals surface area contributed by atoms with Crippen LogP contribution in [-0.2, 0) is 4.79 Å². The Labute approximate surface area is 156 Å². The van der Waals surface area contributed by atoms with Gasteiger partial charge in [-0.3, -0.25) is 19.7 Å². The second-order valence-corrected chi connectivity index (χ2v) is 6.96. The minimum absolute atomic E-state index is 0.0539. The van der Waals surface area contributed by atoms with Crippen molar-refractivity contribution in [2.75, 3.05) is 26.8 Å². The number of nitro groups is 1. The van der Waals surface area contributed by atoms with Crippen molar-refractivity contribution in [2.24, 2.45) is 11.3 Å². The van der Waals surface area contributed by atoms with E-state index >= 15 is 0 Å². The van der Waals surface area contributed by atoms with Gasteiger partial charge in [0.15, 0.2) is 11.5 Å². The number of likely N-dealkylation sites (tertiary alicyclic amines) is 1. The van der Waals surface area contributed by atoms with Crippen LogP contribution in [0.2, 0.25) is 0 Å². The van der Waals surface area contributed by atoms with Crippen molar-refractivity contribution in [3.8, 4) is 11.5 Å². The summed E-state index contributed by atoms with van der Waals surface area (Å²) in [6.45, 7) is 2.82. The Bertz CT molecular complexity index is 784. The fraction of sp³-hybridized carbons (Fsp3) is 0.556. The molecule has 1 N–H and O–H groups in total. The van der Waals surface area contributed by atoms with Crippen LogP contribution < -0.4 is 9.47 Å². The number of rotatable bonds is 6. The summed E-state index contributed by atoms with van der Waals surface area (Å²) >= 11 is 0. The van der Waals surface area contributed by atoms with E-state index < -0.39 is 16.8 Å². The number of carbonyl (C=O) groups is 2. The van der Waals surface area contributed by atoms with E-state index in [1.165, 1.54) is 19.2 Å². The predicted molar refractivity (Wildman–Crippen MR) is 94.1 cm³/mol. The molecule has 2 fully saturated rings. The molecule has 1 unspecified atom stereocenters. The molecule has 3 rings (SSSR count). The highest BCUT2D eigenvalue weighted by Gasteiger charge is 2.59. The number of carbonyl (C=O) groups excluding carboxylic acids is 1. The number of amides is 1. The first kappa shape index (κ1) is 18.9. The van der Waals surface area contributed by atoms with Crippen molar-refractivity contribution in [1.82, 2.24) is 4.90 Å². The normalized spacial score (nSPS) is 20.2. The van der Waals surface area contributed by atoms with E-state index in [-0.39, 0.29) is 34.1 Å². The Morgan fingerprint density at radius 3 is 2.48 bits per heavy atom. The van der Waals surface area contributed by atoms with Gasteiger partial charge in [0, 0.05) is 19.2 Å². The van der Waals surface area contributed by atoms with E-state index in [9.17, 15) is 19.7 Å². The molecule has 9 heteroatoms. The van der Waals surface area contributed by atoms with Crippen molar-refractivity contribution in [3.63, 3.8) is 0 Å². The van der Waals surface area contributed by atoms with E-state index in [1.807, 2.05) is 0 Å². The summed E-state index contributed by atoms with van der Waals surface area (Å²) < 4.78 is 10.6. The number of carboxylic acid groups (broad SMARTS) is 1. The number of ether oxygens (including phenoxy) is 2. The number of benzene rings is 1. The molecule has 1 saturated carbocycles. The highest BCUT2D eigenvalue weighted by molar-refractivity contribution is 5.99. The molecule has 146 valence electrons. The molecule has 0 radical (unpaired) electrons. The van der Waals surface area contributed by atoms with E-state index in [2.05, 4.69) is 0 Å². The Morgan fingerprint density at radius 1 is 1.33 bits per heavy atom. The lowest BCUT2D eigenvalue weighted by Gasteiger charge is -2.32. The number of methoxy groups -OCH3 is 1. The number of piperidine rings is 1. The van der Waals surface area contributed by atoms with Crippen LogP contribution in [0.5, 0.6) is 11.5 Å². The van der Waals surface area contributed by atoms with Crippen LogP contribution in [0, 0.1) is 21.4 Å². The first-order valence-corrected chi connectivity index (χ1v) is 8.84. The third-order valence-corrected chi connectivity index (χ3v) is 5.54. The molecule has 0 aromatic heterocycles. The lowest BCUT2D eigenvalue weighted by Crippen LogP contribution is -2.40. The maximum Gasteiger partial charge on any atom is 0.307 e. The molecule has 1 aliphatic carbocycles. The Balaban J connectivity index is 1.82. The summed E-state index contributed by atoms with van der Waals surface area (Å²) in [6, 6.07) is 2.55. The second-order valence-electron chi connectivity index (χ2n) is 6.96. The van der Waals surface area contributed by atoms with Crippen molar-refractivity contribution >= 4 is 17.6 Å². The zero-order valence-corrected chi connectivity index (χ0v) is 15.3. The zero-order chi connectivity index (χ0) is 19.8. The summed E-state index contributed by atoms with van der Waals surface area (Å²) in [7, 11) is 1.40. The molecule has 1 spiro atoms. The number of aliphatic carboxylic acids is 1. The molecule has 2 aliphatic rings. The van der Waals surface area contributed by atoms with Gasteiger partial charge in [0.1, 0.15) is 5.56 Å². The SMILES string of the molecule is CCOc1cc([N+](=O)[O-])c(C(=O)N2CCC3(CC2)CC3C(=O)O)cc1OC. The van der Waals surface area contributed by atoms with Crippen LogP contribution in [0.15, 0.2) is 12.1 Å². The monoisotopic (exact) mass is 378 g/mol. The Morgan fingerprint density at radius 2 is 2.00 bits per heavy atom. The maximum atomic E-state index is 12.9. The van der Waals surface area contributed by atoms with Crippen molar-refractivity contribution < 1.29 is 29.1 Å². The molecule has 27 heavy (non-hydrogen) atoms. The minimum atomic E-state index is -0.790. The van der Waals surface area contributed by atoms with Crippen LogP contribution >= 0.6 is 0 Å². The Hall–Kier alpha value is -2.84. The van der Waals surface area contributed by atoms with Crippen LogP contribution in [0.1, 0.15) is 36.5 Å². The standard InChI is InChI=1S/C18H22N2O7/c1-3-27-15-9-13(20(24)25)11(8-14(15)26-2)16(21)19-6-4-18(5-7-19)10-12(18)17(22)23/h8-9,12H,3-7,10H2,1-2H3,(H,22,23). The van der Waals surface area contributed by atoms with Crippen molar-refractivity contribution in [3.05, 3.63) is 27.8 Å². The molecule has 1 atom stereocenters. The topological polar surface area (TPSA) is 119 Å². The van der Waals surface area contributed by atoms with Crippen LogP contribution in [0.25, 0.3) is 0 Å². The van der Waals surface area contributed by atoms with Crippen molar-refractivity contribution in [2.45, 2.75) is 26.2 Å². The average Bonchev–Trinajstić information content (AvgIpc) is 3.35. The number of nitrogens with zero attached hydrogens (tertiary/aromatic N) is 2. The molecule has 0 bridgehead atoms. The van der Waals surface area contributed by atoms with Gasteiger partial charge >= 0.3 is 5.97 Å². The largest absolute Gasteiger partial charge is 0.493 e.